The van der Waals surface area contributed by atoms with Crippen LogP contribution in [0.25, 0.3) is 0 Å². The van der Waals surface area contributed by atoms with E-state index in [2.05, 4.69) is 17.1 Å². The van der Waals surface area contributed by atoms with Gasteiger partial charge in [-0.3, -0.25) is 9.69 Å². The lowest BCUT2D eigenvalue weighted by atomic mass is 9.94. The molecule has 1 aliphatic carbocycles. The molecule has 136 valence electrons. The standard InChI is InChI=1S/C20H28N2O3/c1-24-18-10-6-9-17(19(18)25-2)20(23)22-13-11-21(12-14-22)15-16-7-4-3-5-8-16/h3-4,6,9-10,16H,5,7-8,11-15H2,1-2H3/t16-/m1/s1. The molecule has 25 heavy (non-hydrogen) atoms. The number of benzene rings is 1. The van der Waals surface area contributed by atoms with Crippen molar-refractivity contribution in [3.63, 3.8) is 0 Å². The van der Waals surface area contributed by atoms with E-state index >= 15 is 0 Å². The minimum atomic E-state index is 0.0241. The Labute approximate surface area is 150 Å². The van der Waals surface area contributed by atoms with E-state index in [-0.39, 0.29) is 5.91 Å². The van der Waals surface area contributed by atoms with Crippen LogP contribution in [0, 0.1) is 5.92 Å². The Hall–Kier alpha value is -2.01. The lowest BCUT2D eigenvalue weighted by Gasteiger charge is -2.37. The van der Waals surface area contributed by atoms with Gasteiger partial charge in [-0.1, -0.05) is 18.2 Å². The predicted molar refractivity (Wildman–Crippen MR) is 98.4 cm³/mol. The number of amides is 1. The van der Waals surface area contributed by atoms with Crippen molar-refractivity contribution in [3.8, 4) is 11.5 Å². The lowest BCUT2D eigenvalue weighted by Crippen LogP contribution is -2.49. The normalized spacial score (nSPS) is 21.2. The Kier molecular flexibility index (Phi) is 5.97. The fourth-order valence-corrected chi connectivity index (χ4v) is 3.75. The summed E-state index contributed by atoms with van der Waals surface area (Å²) >= 11 is 0. The smallest absolute Gasteiger partial charge is 0.257 e. The summed E-state index contributed by atoms with van der Waals surface area (Å²) in [5, 5.41) is 0. The van der Waals surface area contributed by atoms with Crippen molar-refractivity contribution in [2.45, 2.75) is 19.3 Å². The summed E-state index contributed by atoms with van der Waals surface area (Å²) in [4.78, 5) is 17.3. The summed E-state index contributed by atoms with van der Waals surface area (Å²) in [6.07, 6.45) is 8.28. The molecule has 1 aromatic rings. The van der Waals surface area contributed by atoms with Crippen molar-refractivity contribution in [3.05, 3.63) is 35.9 Å². The average Bonchev–Trinajstić information content (AvgIpc) is 2.68. The van der Waals surface area contributed by atoms with E-state index in [0.717, 1.165) is 38.6 Å². The van der Waals surface area contributed by atoms with Crippen LogP contribution in [0.2, 0.25) is 0 Å². The highest BCUT2D eigenvalue weighted by Crippen LogP contribution is 2.31. The Balaban J connectivity index is 1.59. The summed E-state index contributed by atoms with van der Waals surface area (Å²) in [5.74, 6) is 1.91. The van der Waals surface area contributed by atoms with Crippen LogP contribution in [0.4, 0.5) is 0 Å². The van der Waals surface area contributed by atoms with Crippen LogP contribution in [0.15, 0.2) is 30.4 Å². The zero-order chi connectivity index (χ0) is 17.6. The van der Waals surface area contributed by atoms with Crippen molar-refractivity contribution in [1.82, 2.24) is 9.80 Å². The maximum atomic E-state index is 12.9. The number of para-hydroxylation sites is 1. The molecular weight excluding hydrogens is 316 g/mol. The monoisotopic (exact) mass is 344 g/mol. The molecule has 0 bridgehead atoms. The molecule has 0 N–H and O–H groups in total. The van der Waals surface area contributed by atoms with Crippen molar-refractivity contribution in [1.29, 1.82) is 0 Å². The summed E-state index contributed by atoms with van der Waals surface area (Å²) in [6.45, 7) is 4.56. The summed E-state index contributed by atoms with van der Waals surface area (Å²) < 4.78 is 10.7. The second-order valence-electron chi connectivity index (χ2n) is 6.78. The molecule has 0 spiro atoms. The first kappa shape index (κ1) is 17.8. The number of carbonyl (C=O) groups is 1. The fraction of sp³-hybridized carbons (Fsp3) is 0.550. The highest BCUT2D eigenvalue weighted by Gasteiger charge is 2.26. The Bertz CT molecular complexity index is 621. The molecule has 0 unspecified atom stereocenters. The second kappa shape index (κ2) is 8.39. The van der Waals surface area contributed by atoms with Gasteiger partial charge in [0, 0.05) is 32.7 Å². The number of carbonyl (C=O) groups excluding carboxylic acids is 1. The number of rotatable bonds is 5. The highest BCUT2D eigenvalue weighted by molar-refractivity contribution is 5.97. The van der Waals surface area contributed by atoms with Gasteiger partial charge in [0.05, 0.1) is 19.8 Å². The largest absolute Gasteiger partial charge is 0.493 e. The molecule has 0 aromatic heterocycles. The molecule has 1 heterocycles. The van der Waals surface area contributed by atoms with Gasteiger partial charge in [0.25, 0.3) is 5.91 Å². The van der Waals surface area contributed by atoms with Crippen LogP contribution in [0.5, 0.6) is 11.5 Å². The molecular formula is C20H28N2O3. The van der Waals surface area contributed by atoms with Gasteiger partial charge in [0.2, 0.25) is 0 Å². The van der Waals surface area contributed by atoms with Gasteiger partial charge in [-0.2, -0.15) is 0 Å². The van der Waals surface area contributed by atoms with Gasteiger partial charge in [-0.15, -0.1) is 0 Å². The van der Waals surface area contributed by atoms with E-state index < -0.39 is 0 Å². The van der Waals surface area contributed by atoms with Crippen LogP contribution in [0.3, 0.4) is 0 Å². The number of nitrogens with zero attached hydrogens (tertiary/aromatic N) is 2. The first-order valence-electron chi connectivity index (χ1n) is 9.10. The van der Waals surface area contributed by atoms with Crippen LogP contribution in [-0.4, -0.2) is 62.7 Å². The maximum Gasteiger partial charge on any atom is 0.257 e. The third-order valence-electron chi connectivity index (χ3n) is 5.19. The Morgan fingerprint density at radius 2 is 1.92 bits per heavy atom. The van der Waals surface area contributed by atoms with Gasteiger partial charge in [0.1, 0.15) is 0 Å². The summed E-state index contributed by atoms with van der Waals surface area (Å²) in [5.41, 5.74) is 0.577. The van der Waals surface area contributed by atoms with Crippen LogP contribution >= 0.6 is 0 Å². The molecule has 5 nitrogen and oxygen atoms in total. The highest BCUT2D eigenvalue weighted by atomic mass is 16.5. The van der Waals surface area contributed by atoms with E-state index in [1.54, 1.807) is 14.2 Å². The molecule has 0 radical (unpaired) electrons. The molecule has 1 aromatic carbocycles. The number of ether oxygens (including phenoxy) is 2. The van der Waals surface area contributed by atoms with E-state index in [0.29, 0.717) is 17.1 Å². The van der Waals surface area contributed by atoms with Crippen molar-refractivity contribution in [2.75, 3.05) is 46.9 Å². The molecule has 1 aliphatic heterocycles. The number of methoxy groups -OCH3 is 2. The van der Waals surface area contributed by atoms with E-state index in [1.165, 1.54) is 19.3 Å². The molecule has 1 saturated heterocycles. The minimum absolute atomic E-state index is 0.0241. The van der Waals surface area contributed by atoms with Gasteiger partial charge in [0.15, 0.2) is 11.5 Å². The molecule has 1 fully saturated rings. The molecule has 1 amide bonds. The van der Waals surface area contributed by atoms with Crippen molar-refractivity contribution < 1.29 is 14.3 Å². The fourth-order valence-electron chi connectivity index (χ4n) is 3.75. The van der Waals surface area contributed by atoms with Crippen LogP contribution in [-0.2, 0) is 0 Å². The number of hydrogen-bond donors (Lipinski definition) is 0. The maximum absolute atomic E-state index is 12.9. The minimum Gasteiger partial charge on any atom is -0.493 e. The summed E-state index contributed by atoms with van der Waals surface area (Å²) in [6, 6.07) is 5.46. The van der Waals surface area contributed by atoms with Crippen molar-refractivity contribution >= 4 is 5.91 Å². The van der Waals surface area contributed by atoms with Gasteiger partial charge >= 0.3 is 0 Å². The van der Waals surface area contributed by atoms with Crippen LogP contribution in [0.1, 0.15) is 29.6 Å². The molecule has 5 heteroatoms. The molecule has 3 rings (SSSR count). The number of hydrogen-bond acceptors (Lipinski definition) is 4. The zero-order valence-electron chi connectivity index (χ0n) is 15.2. The van der Waals surface area contributed by atoms with E-state index in [4.69, 9.17) is 9.47 Å². The number of allylic oxidation sites excluding steroid dienone is 2. The van der Waals surface area contributed by atoms with E-state index in [9.17, 15) is 4.79 Å². The lowest BCUT2D eigenvalue weighted by molar-refractivity contribution is 0.0610. The first-order valence-corrected chi connectivity index (χ1v) is 9.10. The van der Waals surface area contributed by atoms with Crippen molar-refractivity contribution in [2.24, 2.45) is 5.92 Å². The number of piperazine rings is 1. The van der Waals surface area contributed by atoms with Gasteiger partial charge in [-0.05, 0) is 37.3 Å². The molecule has 0 saturated carbocycles. The zero-order valence-corrected chi connectivity index (χ0v) is 15.2. The molecule has 1 atom stereocenters. The second-order valence-corrected chi connectivity index (χ2v) is 6.78. The third-order valence-corrected chi connectivity index (χ3v) is 5.19. The average molecular weight is 344 g/mol. The Morgan fingerprint density at radius 3 is 2.56 bits per heavy atom. The summed E-state index contributed by atoms with van der Waals surface area (Å²) in [7, 11) is 3.16. The van der Waals surface area contributed by atoms with Gasteiger partial charge < -0.3 is 14.4 Å². The Morgan fingerprint density at radius 1 is 1.12 bits per heavy atom. The predicted octanol–water partition coefficient (Wildman–Crippen LogP) is 2.82. The third kappa shape index (κ3) is 4.15. The van der Waals surface area contributed by atoms with E-state index in [1.807, 2.05) is 23.1 Å². The van der Waals surface area contributed by atoms with Gasteiger partial charge in [-0.25, -0.2) is 0 Å². The molecule has 2 aliphatic rings. The topological polar surface area (TPSA) is 42.0 Å². The quantitative estimate of drug-likeness (QED) is 0.771. The van der Waals surface area contributed by atoms with Crippen LogP contribution < -0.4 is 9.47 Å². The SMILES string of the molecule is COc1cccc(C(=O)N2CCN(C[C@@H]3CC=CCC3)CC2)c1OC. The first-order chi connectivity index (χ1) is 12.2.